The van der Waals surface area contributed by atoms with Crippen molar-refractivity contribution in [3.8, 4) is 0 Å². The summed E-state index contributed by atoms with van der Waals surface area (Å²) in [6, 6.07) is 6.55. The molecule has 0 radical (unpaired) electrons. The molecular weight excluding hydrogens is 299 g/mol. The van der Waals surface area contributed by atoms with E-state index in [0.717, 1.165) is 6.29 Å². The number of anilines is 1. The highest BCUT2D eigenvalue weighted by atomic mass is 79.9. The molecule has 0 aliphatic carbocycles. The van der Waals surface area contributed by atoms with Crippen LogP contribution in [-0.2, 0) is 6.54 Å². The third-order valence-corrected chi connectivity index (χ3v) is 2.89. The van der Waals surface area contributed by atoms with Gasteiger partial charge in [0.2, 0.25) is 0 Å². The lowest BCUT2D eigenvalue weighted by Gasteiger charge is -2.07. The van der Waals surface area contributed by atoms with E-state index in [1.54, 1.807) is 24.4 Å². The summed E-state index contributed by atoms with van der Waals surface area (Å²) in [5, 5.41) is 3.02. The van der Waals surface area contributed by atoms with Crippen molar-refractivity contribution < 1.29 is 9.18 Å². The van der Waals surface area contributed by atoms with Crippen molar-refractivity contribution in [2.75, 3.05) is 5.32 Å². The van der Waals surface area contributed by atoms with Gasteiger partial charge < -0.3 is 5.32 Å². The lowest BCUT2D eigenvalue weighted by Crippen LogP contribution is -2.02. The minimum absolute atomic E-state index is 0.281. The summed E-state index contributed by atoms with van der Waals surface area (Å²) in [5.74, 6) is -0.281. The Labute approximate surface area is 112 Å². The van der Waals surface area contributed by atoms with E-state index in [0.29, 0.717) is 27.8 Å². The standard InChI is InChI=1S/C13H10BrFN2O/c14-11-2-1-10(13(15)4-11)6-17-12-3-9(8-18)5-16-7-12/h1-5,7-8,17H,6H2. The molecule has 1 aromatic carbocycles. The molecule has 3 nitrogen and oxygen atoms in total. The number of carbonyl (C=O) groups is 1. The number of nitrogens with zero attached hydrogens (tertiary/aromatic N) is 1. The summed E-state index contributed by atoms with van der Waals surface area (Å²) in [6.07, 6.45) is 3.78. The molecule has 0 aliphatic rings. The van der Waals surface area contributed by atoms with Crippen LogP contribution in [0.4, 0.5) is 10.1 Å². The van der Waals surface area contributed by atoms with E-state index in [1.807, 2.05) is 0 Å². The Bertz CT molecular complexity index is 575. The predicted molar refractivity (Wildman–Crippen MR) is 71.1 cm³/mol. The van der Waals surface area contributed by atoms with Crippen molar-refractivity contribution >= 4 is 27.9 Å². The van der Waals surface area contributed by atoms with Crippen LogP contribution in [-0.4, -0.2) is 11.3 Å². The van der Waals surface area contributed by atoms with Crippen molar-refractivity contribution in [3.05, 3.63) is 58.1 Å². The van der Waals surface area contributed by atoms with Crippen LogP contribution >= 0.6 is 15.9 Å². The average molecular weight is 309 g/mol. The highest BCUT2D eigenvalue weighted by molar-refractivity contribution is 9.10. The van der Waals surface area contributed by atoms with Crippen molar-refractivity contribution in [1.29, 1.82) is 0 Å². The Morgan fingerprint density at radius 3 is 2.89 bits per heavy atom. The number of aromatic nitrogens is 1. The van der Waals surface area contributed by atoms with Crippen molar-refractivity contribution in [2.45, 2.75) is 6.54 Å². The predicted octanol–water partition coefficient (Wildman–Crippen LogP) is 3.41. The Morgan fingerprint density at radius 2 is 2.17 bits per heavy atom. The van der Waals surface area contributed by atoms with Crippen LogP contribution < -0.4 is 5.32 Å². The Balaban J connectivity index is 2.08. The monoisotopic (exact) mass is 308 g/mol. The van der Waals surface area contributed by atoms with Gasteiger partial charge >= 0.3 is 0 Å². The van der Waals surface area contributed by atoms with E-state index >= 15 is 0 Å². The molecule has 0 fully saturated rings. The molecule has 0 amide bonds. The molecule has 92 valence electrons. The minimum Gasteiger partial charge on any atom is -0.380 e. The van der Waals surface area contributed by atoms with Gasteiger partial charge in [-0.2, -0.15) is 0 Å². The molecule has 18 heavy (non-hydrogen) atoms. The van der Waals surface area contributed by atoms with Gasteiger partial charge in [0, 0.05) is 34.5 Å². The fourth-order valence-corrected chi connectivity index (χ4v) is 1.81. The lowest BCUT2D eigenvalue weighted by molar-refractivity contribution is 0.112. The molecule has 0 saturated carbocycles. The summed E-state index contributed by atoms with van der Waals surface area (Å²) in [5.41, 5.74) is 1.72. The van der Waals surface area contributed by atoms with Crippen LogP contribution in [0.1, 0.15) is 15.9 Å². The molecule has 0 unspecified atom stereocenters. The fourth-order valence-electron chi connectivity index (χ4n) is 1.48. The molecule has 5 heteroatoms. The molecule has 0 aliphatic heterocycles. The van der Waals surface area contributed by atoms with Crippen LogP contribution in [0.25, 0.3) is 0 Å². The number of aldehydes is 1. The smallest absolute Gasteiger partial charge is 0.151 e. The van der Waals surface area contributed by atoms with E-state index in [2.05, 4.69) is 26.2 Å². The molecule has 1 N–H and O–H groups in total. The molecular formula is C13H10BrFN2O. The van der Waals surface area contributed by atoms with Gasteiger partial charge in [0.1, 0.15) is 5.82 Å². The quantitative estimate of drug-likeness (QED) is 0.880. The first-order valence-corrected chi connectivity index (χ1v) is 6.06. The number of nitrogens with one attached hydrogen (secondary N) is 1. The maximum Gasteiger partial charge on any atom is 0.151 e. The van der Waals surface area contributed by atoms with Crippen LogP contribution in [0.2, 0.25) is 0 Å². The molecule has 2 aromatic rings. The molecule has 0 bridgehead atoms. The van der Waals surface area contributed by atoms with Crippen molar-refractivity contribution in [2.24, 2.45) is 0 Å². The number of halogens is 2. The maximum absolute atomic E-state index is 13.6. The SMILES string of the molecule is O=Cc1cncc(NCc2ccc(Br)cc2F)c1. The van der Waals surface area contributed by atoms with Gasteiger partial charge in [-0.3, -0.25) is 9.78 Å². The molecule has 1 heterocycles. The molecule has 0 spiro atoms. The minimum atomic E-state index is -0.281. The Kier molecular flexibility index (Phi) is 4.04. The Morgan fingerprint density at radius 1 is 1.33 bits per heavy atom. The van der Waals surface area contributed by atoms with Crippen LogP contribution in [0.15, 0.2) is 41.1 Å². The number of hydrogen-bond acceptors (Lipinski definition) is 3. The Hall–Kier alpha value is -1.75. The largest absolute Gasteiger partial charge is 0.380 e. The maximum atomic E-state index is 13.6. The molecule has 2 rings (SSSR count). The van der Waals surface area contributed by atoms with Crippen molar-refractivity contribution in [3.63, 3.8) is 0 Å². The highest BCUT2D eigenvalue weighted by Gasteiger charge is 2.03. The number of carbonyl (C=O) groups excluding carboxylic acids is 1. The van der Waals surface area contributed by atoms with Crippen molar-refractivity contribution in [1.82, 2.24) is 4.98 Å². The molecule has 0 saturated heterocycles. The number of rotatable bonds is 4. The van der Waals surface area contributed by atoms with Crippen LogP contribution in [0.5, 0.6) is 0 Å². The van der Waals surface area contributed by atoms with E-state index in [-0.39, 0.29) is 5.82 Å². The van der Waals surface area contributed by atoms with E-state index < -0.39 is 0 Å². The fraction of sp³-hybridized carbons (Fsp3) is 0.0769. The first-order chi connectivity index (χ1) is 8.69. The summed E-state index contributed by atoms with van der Waals surface area (Å²) < 4.78 is 14.3. The van der Waals surface area contributed by atoms with E-state index in [1.165, 1.54) is 12.3 Å². The van der Waals surface area contributed by atoms with E-state index in [4.69, 9.17) is 0 Å². The van der Waals surface area contributed by atoms with Gasteiger partial charge in [-0.1, -0.05) is 22.0 Å². The number of benzene rings is 1. The average Bonchev–Trinajstić information content (AvgIpc) is 2.38. The van der Waals surface area contributed by atoms with Gasteiger partial charge in [-0.15, -0.1) is 0 Å². The molecule has 0 atom stereocenters. The second-order valence-corrected chi connectivity index (χ2v) is 4.63. The van der Waals surface area contributed by atoms with E-state index in [9.17, 15) is 9.18 Å². The summed E-state index contributed by atoms with van der Waals surface area (Å²) in [4.78, 5) is 14.5. The third-order valence-electron chi connectivity index (χ3n) is 2.39. The second-order valence-electron chi connectivity index (χ2n) is 3.71. The van der Waals surface area contributed by atoms with Crippen LogP contribution in [0.3, 0.4) is 0 Å². The second kappa shape index (κ2) is 5.73. The molecule has 1 aromatic heterocycles. The number of hydrogen-bond donors (Lipinski definition) is 1. The van der Waals surface area contributed by atoms with Gasteiger partial charge in [0.15, 0.2) is 6.29 Å². The zero-order valence-electron chi connectivity index (χ0n) is 9.36. The van der Waals surface area contributed by atoms with Gasteiger partial charge in [0.25, 0.3) is 0 Å². The topological polar surface area (TPSA) is 42.0 Å². The normalized spacial score (nSPS) is 10.1. The van der Waals surface area contributed by atoms with Crippen LogP contribution in [0, 0.1) is 5.82 Å². The first-order valence-electron chi connectivity index (χ1n) is 5.27. The summed E-state index contributed by atoms with van der Waals surface area (Å²) >= 11 is 3.20. The van der Waals surface area contributed by atoms with Gasteiger partial charge in [-0.25, -0.2) is 4.39 Å². The lowest BCUT2D eigenvalue weighted by atomic mass is 10.2. The third kappa shape index (κ3) is 3.13. The highest BCUT2D eigenvalue weighted by Crippen LogP contribution is 2.16. The zero-order valence-corrected chi connectivity index (χ0v) is 10.9. The summed E-state index contributed by atoms with van der Waals surface area (Å²) in [6.45, 7) is 0.336. The van der Waals surface area contributed by atoms with Gasteiger partial charge in [-0.05, 0) is 18.2 Å². The number of pyridine rings is 1. The first kappa shape index (κ1) is 12.7. The van der Waals surface area contributed by atoms with Gasteiger partial charge in [0.05, 0.1) is 5.69 Å². The summed E-state index contributed by atoms with van der Waals surface area (Å²) in [7, 11) is 0. The zero-order chi connectivity index (χ0) is 13.0.